The molecule has 125 heavy (non-hydrogen) atoms. The van der Waals surface area contributed by atoms with Crippen molar-refractivity contribution < 1.29 is 126 Å². The molecule has 5 heterocycles. The van der Waals surface area contributed by atoms with Gasteiger partial charge in [0.05, 0.1) is 73.5 Å². The zero-order valence-electron chi connectivity index (χ0n) is 63.6. The van der Waals surface area contributed by atoms with E-state index in [0.29, 0.717) is 117 Å². The van der Waals surface area contributed by atoms with E-state index in [-0.39, 0.29) is 33.3 Å². The maximum absolute atomic E-state index is 13.8. The molecule has 0 aliphatic rings. The lowest BCUT2D eigenvalue weighted by atomic mass is 9.91. The Labute approximate surface area is 710 Å². The van der Waals surface area contributed by atoms with Gasteiger partial charge in [0, 0.05) is 147 Å². The minimum Gasteiger partial charge on any atom is -0.481 e. The zero-order valence-corrected chi connectivity index (χ0v) is 65.9. The number of hydrogen-bond donors (Lipinski definition) is 10. The number of ketones is 5. The van der Waals surface area contributed by atoms with Crippen molar-refractivity contribution in [3.63, 3.8) is 0 Å². The minimum absolute atomic E-state index is 0.129. The maximum Gasteiger partial charge on any atom is 0.311 e. The third-order valence-corrected chi connectivity index (χ3v) is 20.7. The summed E-state index contributed by atoms with van der Waals surface area (Å²) in [6.45, 7) is 0. The van der Waals surface area contributed by atoms with Crippen LogP contribution in [-0.4, -0.2) is 109 Å². The number of halogens is 15. The summed E-state index contributed by atoms with van der Waals surface area (Å²) in [5.41, 5.74) is 2.26. The molecule has 5 unspecified atom stereocenters. The summed E-state index contributed by atoms with van der Waals surface area (Å²) in [6, 6.07) is 35.5. The van der Waals surface area contributed by atoms with Gasteiger partial charge in [-0.3, -0.25) is 47.9 Å². The van der Waals surface area contributed by atoms with Crippen LogP contribution in [0.15, 0.2) is 213 Å². The number of benzene rings is 10. The molecule has 640 valence electrons. The third kappa shape index (κ3) is 21.6. The van der Waals surface area contributed by atoms with Gasteiger partial charge in [-0.1, -0.05) is 65.1 Å². The maximum atomic E-state index is 13.8. The molecule has 0 saturated carbocycles. The molecule has 0 bridgehead atoms. The van der Waals surface area contributed by atoms with Crippen LogP contribution < -0.4 is 0 Å². The van der Waals surface area contributed by atoms with E-state index in [4.69, 9.17) is 34.8 Å². The Balaban J connectivity index is 0.000000152. The van der Waals surface area contributed by atoms with Crippen molar-refractivity contribution in [3.8, 4) is 0 Å². The second-order valence-electron chi connectivity index (χ2n) is 27.8. The Morgan fingerprint density at radius 2 is 0.528 bits per heavy atom. The Hall–Kier alpha value is -14.4. The van der Waals surface area contributed by atoms with E-state index in [1.54, 1.807) is 54.6 Å². The summed E-state index contributed by atoms with van der Waals surface area (Å²) < 4.78 is 161. The SMILES string of the molecule is O=C(CC(C(=O)O)c1c[nH]c2c(Cl)cccc12)c1ccc(F)cc1F.O=C(CC(C(=O)O)c1c[nH]c2c(F)cccc12)c1ccc(F)cc1F.O=C(CC(C(=O)O)c1c[nH]c2cc(Cl)ccc12)c1ccc(F)cc1F.O=C(CC(C(=O)O)c1c[nH]c2cc(F)ccc12)c1ccc(F)cc1F.O=C(CC(C(=O)O)c1c[nH]c2ccc(Cl)cc12)c1ccc(F)cc1F. The van der Waals surface area contributed by atoms with Crippen molar-refractivity contribution in [2.45, 2.75) is 61.7 Å². The first-order chi connectivity index (χ1) is 59.3. The van der Waals surface area contributed by atoms with E-state index >= 15 is 0 Å². The van der Waals surface area contributed by atoms with Crippen LogP contribution in [0.2, 0.25) is 15.1 Å². The number of para-hydroxylation sites is 2. The molecule has 10 aromatic carbocycles. The molecule has 15 aromatic rings. The standard InChI is InChI=1S/3C18H12ClF2NO3.2C18H12F3NO3/c19-9-1-4-16-12(5-9)14(8-22-16)13(18(24)25)7-17(23)11-3-2-10(20)6-15(11)21;19-9-1-3-11-14(8-22-16(11)5-9)13(18(24)25)7-17(23)12-4-2-10(20)6-15(12)21;19-14-3-1-2-10-13(8-22-17(10)14)12(18(24)25)7-16(23)11-5-4-9(20)6-15(11)21;19-9-2-4-12(15(21)5-9)17(23)7-13(18(24)25)14-8-22-16-6-10(20)1-3-11(14)16;19-9-4-5-11(15(21)6-9)16(23)7-12(18(24)25)13-8-22-17-10(13)2-1-3-14(17)20/h2*1-6,8,13,22H,7H2,(H,24,25);1-6,8,12,22H,7H2,(H,24,25);1-6,8,13,22H,7H2,(H,24,25);1-6,8,12,22H,7H2,(H,24,25). The highest BCUT2D eigenvalue weighted by molar-refractivity contribution is 6.35. The number of carbonyl (C=O) groups excluding carboxylic acids is 5. The van der Waals surface area contributed by atoms with Gasteiger partial charge < -0.3 is 50.5 Å². The Morgan fingerprint density at radius 1 is 0.256 bits per heavy atom. The van der Waals surface area contributed by atoms with E-state index in [1.165, 1.54) is 67.4 Å². The van der Waals surface area contributed by atoms with Crippen molar-refractivity contribution in [2.24, 2.45) is 0 Å². The van der Waals surface area contributed by atoms with Crippen molar-refractivity contribution in [2.75, 3.05) is 0 Å². The number of hydrogen-bond acceptors (Lipinski definition) is 10. The molecule has 5 aromatic heterocycles. The average molecular weight is 1790 g/mol. The molecule has 35 heteroatoms. The number of fused-ring (bicyclic) bond motifs is 5. The van der Waals surface area contributed by atoms with Crippen LogP contribution in [0.4, 0.5) is 52.7 Å². The molecule has 0 spiro atoms. The number of aromatic amines is 5. The van der Waals surface area contributed by atoms with Crippen LogP contribution in [0, 0.1) is 69.8 Å². The minimum atomic E-state index is -1.30. The van der Waals surface area contributed by atoms with E-state index in [0.717, 1.165) is 60.7 Å². The quantitative estimate of drug-likeness (QED) is 0.0188. The Bertz CT molecular complexity index is 6330. The summed E-state index contributed by atoms with van der Waals surface area (Å²) >= 11 is 17.9. The van der Waals surface area contributed by atoms with E-state index in [1.807, 2.05) is 0 Å². The van der Waals surface area contributed by atoms with Gasteiger partial charge in [-0.15, -0.1) is 0 Å². The van der Waals surface area contributed by atoms with Gasteiger partial charge in [0.25, 0.3) is 0 Å². The van der Waals surface area contributed by atoms with Crippen LogP contribution in [0.5, 0.6) is 0 Å². The van der Waals surface area contributed by atoms with E-state index in [2.05, 4.69) is 24.9 Å². The molecule has 0 aliphatic carbocycles. The van der Waals surface area contributed by atoms with Crippen LogP contribution in [0.25, 0.3) is 54.5 Å². The molecule has 0 aliphatic heterocycles. The highest BCUT2D eigenvalue weighted by atomic mass is 35.5. The fraction of sp³-hybridized carbons (Fsp3) is 0.111. The molecule has 15 rings (SSSR count). The number of rotatable bonds is 25. The summed E-state index contributed by atoms with van der Waals surface area (Å²) in [5, 5.41) is 51.4. The summed E-state index contributed by atoms with van der Waals surface area (Å²) in [4.78, 5) is 134. The van der Waals surface area contributed by atoms with E-state index < -0.39 is 196 Å². The normalized spacial score (nSPS) is 12.3. The number of carboxylic acids is 5. The first kappa shape index (κ1) is 91.4. The number of nitrogens with one attached hydrogen (secondary N) is 5. The Morgan fingerprint density at radius 3 is 0.888 bits per heavy atom. The highest BCUT2D eigenvalue weighted by Crippen LogP contribution is 2.38. The van der Waals surface area contributed by atoms with Gasteiger partial charge in [0.1, 0.15) is 69.8 Å². The van der Waals surface area contributed by atoms with Gasteiger partial charge in [-0.2, -0.15) is 0 Å². The first-order valence-electron chi connectivity index (χ1n) is 36.7. The zero-order chi connectivity index (χ0) is 90.7. The molecule has 5 atom stereocenters. The molecule has 20 nitrogen and oxygen atoms in total. The lowest BCUT2D eigenvalue weighted by Gasteiger charge is -2.12. The van der Waals surface area contributed by atoms with Crippen molar-refractivity contribution in [1.82, 2.24) is 24.9 Å². The summed E-state index contributed by atoms with van der Waals surface area (Å²) in [5.74, 6) is -26.3. The van der Waals surface area contributed by atoms with Gasteiger partial charge in [0.2, 0.25) is 0 Å². The fourth-order valence-corrected chi connectivity index (χ4v) is 14.4. The van der Waals surface area contributed by atoms with Gasteiger partial charge in [-0.05, 0) is 149 Å². The van der Waals surface area contributed by atoms with Gasteiger partial charge in [-0.25, -0.2) is 52.7 Å². The number of carboxylic acid groups (broad SMARTS) is 5. The van der Waals surface area contributed by atoms with Crippen LogP contribution in [0.1, 0.15) is 141 Å². The molecule has 0 fully saturated rings. The van der Waals surface area contributed by atoms with Gasteiger partial charge >= 0.3 is 29.8 Å². The second-order valence-corrected chi connectivity index (χ2v) is 29.1. The molecule has 0 radical (unpaired) electrons. The van der Waals surface area contributed by atoms with Crippen LogP contribution in [0.3, 0.4) is 0 Å². The number of carbonyl (C=O) groups is 10. The van der Waals surface area contributed by atoms with Crippen molar-refractivity contribution >= 4 is 148 Å². The predicted octanol–water partition coefficient (Wildman–Crippen LogP) is 21.7. The average Bonchev–Trinajstić information content (AvgIpc) is 1.69. The summed E-state index contributed by atoms with van der Waals surface area (Å²) in [7, 11) is 0. The monoisotopic (exact) mass is 1780 g/mol. The lowest BCUT2D eigenvalue weighted by Crippen LogP contribution is -2.17. The third-order valence-electron chi connectivity index (χ3n) is 19.9. The predicted molar refractivity (Wildman–Crippen MR) is 435 cm³/mol. The number of H-pyrrole nitrogens is 5. The largest absolute Gasteiger partial charge is 0.481 e. The number of aromatic nitrogens is 5. The Kier molecular flexibility index (Phi) is 29.0. The van der Waals surface area contributed by atoms with Gasteiger partial charge in [0.15, 0.2) is 28.9 Å². The molecular weight excluding hydrogens is 1730 g/mol. The van der Waals surface area contributed by atoms with Crippen molar-refractivity contribution in [3.05, 3.63) is 353 Å². The molecule has 10 N–H and O–H groups in total. The van der Waals surface area contributed by atoms with Crippen molar-refractivity contribution in [1.29, 1.82) is 0 Å². The number of aliphatic carboxylic acids is 5. The molecular formula is C90H60Cl3F12N5O15. The lowest BCUT2D eigenvalue weighted by molar-refractivity contribution is -0.139. The van der Waals surface area contributed by atoms with Crippen LogP contribution >= 0.6 is 34.8 Å². The smallest absolute Gasteiger partial charge is 0.311 e. The first-order valence-corrected chi connectivity index (χ1v) is 37.9. The highest BCUT2D eigenvalue weighted by Gasteiger charge is 2.34. The molecule has 0 saturated heterocycles. The topological polar surface area (TPSA) is 351 Å². The van der Waals surface area contributed by atoms with Crippen LogP contribution in [-0.2, 0) is 24.0 Å². The number of Topliss-reactive ketones (excluding diaryl/α,β-unsaturated/α-hetero) is 5. The fourth-order valence-electron chi connectivity index (χ4n) is 13.8. The summed E-state index contributed by atoms with van der Waals surface area (Å²) in [6.07, 6.45) is 4.75. The second kappa shape index (κ2) is 39.7. The van der Waals surface area contributed by atoms with E-state index in [9.17, 15) is 126 Å². The molecule has 0 amide bonds.